The number of ether oxygens (including phenoxy) is 2. The molecule has 24 heteroatoms. The SMILES string of the molecule is ClCc1nccs1.Cn1c(=O)c2c(nc(Oc3cccc(C(F)(F)F)c3)n2Cc2nccs2)n(C)c1=O.Cn1c2c(c(=O)n(C)c1=O)CC(Oc1cccc(C(F)(F)F)c1)=N2. The van der Waals surface area contributed by atoms with E-state index in [1.807, 2.05) is 5.38 Å². The fraction of sp³-hybridized carbons (Fsp3) is 0.243. The van der Waals surface area contributed by atoms with Crippen molar-refractivity contribution in [2.45, 2.75) is 31.2 Å². The maximum absolute atomic E-state index is 13.0. The van der Waals surface area contributed by atoms with Crippen LogP contribution < -0.4 is 32.0 Å². The van der Waals surface area contributed by atoms with E-state index in [9.17, 15) is 45.5 Å². The van der Waals surface area contributed by atoms with E-state index in [-0.39, 0.29) is 58.9 Å². The van der Waals surface area contributed by atoms with Crippen LogP contribution >= 0.6 is 34.3 Å². The normalized spacial score (nSPS) is 12.3. The van der Waals surface area contributed by atoms with Gasteiger partial charge in [-0.05, 0) is 36.4 Å². The van der Waals surface area contributed by atoms with E-state index in [0.29, 0.717) is 10.9 Å². The predicted octanol–water partition coefficient (Wildman–Crippen LogP) is 6.40. The minimum absolute atomic E-state index is 0.00632. The molecule has 8 rings (SSSR count). The summed E-state index contributed by atoms with van der Waals surface area (Å²) >= 11 is 8.32. The lowest BCUT2D eigenvalue weighted by molar-refractivity contribution is -0.138. The van der Waals surface area contributed by atoms with E-state index in [2.05, 4.69) is 19.9 Å². The summed E-state index contributed by atoms with van der Waals surface area (Å²) in [4.78, 5) is 65.4. The molecule has 0 aliphatic carbocycles. The smallest absolute Gasteiger partial charge is 0.416 e. The van der Waals surface area contributed by atoms with Crippen molar-refractivity contribution >= 4 is 57.2 Å². The Morgan fingerprint density at radius 2 is 1.26 bits per heavy atom. The summed E-state index contributed by atoms with van der Waals surface area (Å²) in [6.07, 6.45) is -5.69. The molecule has 7 aromatic rings. The topological polar surface area (TPSA) is 162 Å². The standard InChI is InChI=1S/C18H14F3N5O3S.C15H12F3N3O3.C4H4ClNS/c1-24-14-13(15(27)25(2)17(24)28)26(9-12-22-6-7-30-12)16(23-14)29-11-5-3-4-10(8-11)18(19,20)21;1-20-12-10(13(22)21(2)14(20)23)7-11(19-12)24-9-5-3-4-8(6-9)15(16,17)18;5-3-4-6-1-2-7-4/h3-8H,9H2,1-2H3;3-6H,7H2,1-2H3;1-2H,3H2. The Kier molecular flexibility index (Phi) is 12.8. The van der Waals surface area contributed by atoms with E-state index in [1.54, 1.807) is 29.1 Å². The third-order valence-electron chi connectivity index (χ3n) is 8.74. The number of halogens is 7. The molecule has 0 saturated heterocycles. The maximum Gasteiger partial charge on any atom is 0.416 e. The molecule has 0 radical (unpaired) electrons. The average molecular weight is 910 g/mol. The van der Waals surface area contributed by atoms with Crippen molar-refractivity contribution in [3.63, 3.8) is 0 Å². The van der Waals surface area contributed by atoms with Crippen molar-refractivity contribution in [3.8, 4) is 17.5 Å². The summed E-state index contributed by atoms with van der Waals surface area (Å²) in [6.45, 7) is 0.0932. The molecule has 61 heavy (non-hydrogen) atoms. The summed E-state index contributed by atoms with van der Waals surface area (Å²) < 4.78 is 93.9. The zero-order valence-electron chi connectivity index (χ0n) is 32.0. The monoisotopic (exact) mass is 909 g/mol. The van der Waals surface area contributed by atoms with Gasteiger partial charge in [0.2, 0.25) is 5.90 Å². The zero-order valence-corrected chi connectivity index (χ0v) is 34.4. The number of hydrogen-bond donors (Lipinski definition) is 0. The Balaban J connectivity index is 0.000000179. The molecular formula is C37H30ClF6N9O6S2. The van der Waals surface area contributed by atoms with Gasteiger partial charge in [-0.15, -0.1) is 34.3 Å². The van der Waals surface area contributed by atoms with Crippen LogP contribution in [0.15, 0.2) is 95.9 Å². The van der Waals surface area contributed by atoms with Crippen molar-refractivity contribution in [1.82, 2.24) is 37.8 Å². The van der Waals surface area contributed by atoms with Gasteiger partial charge in [0, 0.05) is 51.3 Å². The highest BCUT2D eigenvalue weighted by Gasteiger charge is 2.32. The second-order valence-electron chi connectivity index (χ2n) is 12.8. The number of rotatable bonds is 6. The minimum Gasteiger partial charge on any atom is -0.443 e. The molecule has 0 atom stereocenters. The van der Waals surface area contributed by atoms with Gasteiger partial charge in [-0.3, -0.25) is 32.4 Å². The Bertz CT molecular complexity index is 2990. The third kappa shape index (κ3) is 9.68. The number of fused-ring (bicyclic) bond motifs is 2. The lowest BCUT2D eigenvalue weighted by Crippen LogP contribution is -2.38. The van der Waals surface area contributed by atoms with Gasteiger partial charge >= 0.3 is 29.7 Å². The number of imidazole rings is 1. The minimum atomic E-state index is -4.54. The molecule has 320 valence electrons. The third-order valence-corrected chi connectivity index (χ3v) is 10.7. The van der Waals surface area contributed by atoms with Crippen LogP contribution in [0.1, 0.15) is 26.7 Å². The second kappa shape index (κ2) is 17.7. The van der Waals surface area contributed by atoms with Crippen molar-refractivity contribution in [2.75, 3.05) is 0 Å². The first-order valence-corrected chi connectivity index (χ1v) is 19.6. The van der Waals surface area contributed by atoms with E-state index in [4.69, 9.17) is 21.1 Å². The summed E-state index contributed by atoms with van der Waals surface area (Å²) in [5.74, 6) is 0.603. The predicted molar refractivity (Wildman–Crippen MR) is 214 cm³/mol. The van der Waals surface area contributed by atoms with Gasteiger partial charge in [-0.1, -0.05) is 12.1 Å². The molecule has 15 nitrogen and oxygen atoms in total. The van der Waals surface area contributed by atoms with Gasteiger partial charge in [0.15, 0.2) is 11.2 Å². The molecule has 1 aliphatic rings. The quantitative estimate of drug-likeness (QED) is 0.136. The molecule has 0 unspecified atom stereocenters. The molecule has 6 heterocycles. The fourth-order valence-electron chi connectivity index (χ4n) is 5.72. The molecule has 5 aromatic heterocycles. The Hall–Kier alpha value is -6.33. The van der Waals surface area contributed by atoms with Crippen LogP contribution in [-0.2, 0) is 59.4 Å². The molecule has 0 fully saturated rings. The van der Waals surface area contributed by atoms with Gasteiger partial charge in [-0.25, -0.2) is 19.6 Å². The van der Waals surface area contributed by atoms with Crippen molar-refractivity contribution in [1.29, 1.82) is 0 Å². The van der Waals surface area contributed by atoms with Crippen LogP contribution in [0.25, 0.3) is 11.2 Å². The Morgan fingerprint density at radius 1 is 0.721 bits per heavy atom. The first-order valence-electron chi connectivity index (χ1n) is 17.3. The summed E-state index contributed by atoms with van der Waals surface area (Å²) in [6, 6.07) is 8.54. The number of nitrogens with zero attached hydrogens (tertiary/aromatic N) is 9. The molecule has 2 aromatic carbocycles. The number of hydrogen-bond acceptors (Lipinski definition) is 12. The van der Waals surface area contributed by atoms with Crippen LogP contribution in [0, 0.1) is 0 Å². The highest BCUT2D eigenvalue weighted by Crippen LogP contribution is 2.34. The van der Waals surface area contributed by atoms with Crippen LogP contribution in [0.2, 0.25) is 0 Å². The average Bonchev–Trinajstić information content (AvgIpc) is 4.07. The van der Waals surface area contributed by atoms with Crippen LogP contribution in [0.3, 0.4) is 0 Å². The van der Waals surface area contributed by atoms with E-state index < -0.39 is 46.0 Å². The first kappa shape index (κ1) is 44.2. The summed E-state index contributed by atoms with van der Waals surface area (Å²) in [5, 5.41) is 5.27. The van der Waals surface area contributed by atoms with Gasteiger partial charge < -0.3 is 9.47 Å². The summed E-state index contributed by atoms with van der Waals surface area (Å²) in [7, 11) is 5.57. The number of aromatic nitrogens is 8. The maximum atomic E-state index is 13.0. The number of aliphatic imine (C=N–C) groups is 1. The number of alkyl halides is 7. The van der Waals surface area contributed by atoms with Crippen molar-refractivity contribution in [3.05, 3.63) is 140 Å². The van der Waals surface area contributed by atoms with Crippen molar-refractivity contribution < 1.29 is 35.8 Å². The zero-order chi connectivity index (χ0) is 44.4. The van der Waals surface area contributed by atoms with Crippen molar-refractivity contribution in [2.24, 2.45) is 33.2 Å². The number of thiazole rings is 2. The van der Waals surface area contributed by atoms with Crippen LogP contribution in [0.5, 0.6) is 17.5 Å². The highest BCUT2D eigenvalue weighted by molar-refractivity contribution is 7.09. The van der Waals surface area contributed by atoms with E-state index >= 15 is 0 Å². The molecule has 0 bridgehead atoms. The largest absolute Gasteiger partial charge is 0.443 e. The Morgan fingerprint density at radius 3 is 1.79 bits per heavy atom. The Labute approximate surface area is 351 Å². The van der Waals surface area contributed by atoms with Crippen LogP contribution in [-0.4, -0.2) is 43.7 Å². The molecule has 1 aliphatic heterocycles. The fourth-order valence-corrected chi connectivity index (χ4v) is 7.04. The van der Waals surface area contributed by atoms with Gasteiger partial charge in [0.05, 0.1) is 35.5 Å². The summed E-state index contributed by atoms with van der Waals surface area (Å²) in [5.41, 5.74) is -3.55. The first-order chi connectivity index (χ1) is 28.8. The van der Waals surface area contributed by atoms with Gasteiger partial charge in [0.1, 0.15) is 27.3 Å². The molecule has 0 amide bonds. The number of aryl methyl sites for hydroxylation is 1. The second-order valence-corrected chi connectivity index (χ2v) is 15.0. The van der Waals surface area contributed by atoms with Crippen LogP contribution in [0.4, 0.5) is 32.2 Å². The number of benzene rings is 2. The van der Waals surface area contributed by atoms with E-state index in [1.165, 1.54) is 77.5 Å². The van der Waals surface area contributed by atoms with E-state index in [0.717, 1.165) is 38.4 Å². The molecular weight excluding hydrogens is 880 g/mol. The molecule has 0 spiro atoms. The molecule has 0 N–H and O–H groups in total. The van der Waals surface area contributed by atoms with Gasteiger partial charge in [0.25, 0.3) is 11.1 Å². The lowest BCUT2D eigenvalue weighted by Gasteiger charge is -2.11. The molecule has 0 saturated carbocycles. The highest BCUT2D eigenvalue weighted by atomic mass is 35.5. The lowest BCUT2D eigenvalue weighted by atomic mass is 10.2. The van der Waals surface area contributed by atoms with Gasteiger partial charge in [-0.2, -0.15) is 36.3 Å².